The second-order valence-corrected chi connectivity index (χ2v) is 8.25. The molecule has 0 spiro atoms. The second-order valence-electron chi connectivity index (χ2n) is 5.56. The van der Waals surface area contributed by atoms with Gasteiger partial charge in [-0.05, 0) is 42.1 Å². The Bertz CT molecular complexity index is 969. The Morgan fingerprint density at radius 3 is 2.32 bits per heavy atom. The Kier molecular flexibility index (Phi) is 4.99. The quantitative estimate of drug-likeness (QED) is 0.714. The molecular weight excluding hydrogens is 364 g/mol. The van der Waals surface area contributed by atoms with E-state index in [1.54, 1.807) is 0 Å². The van der Waals surface area contributed by atoms with Crippen molar-refractivity contribution in [3.8, 4) is 0 Å². The molecule has 7 heteroatoms. The van der Waals surface area contributed by atoms with Crippen LogP contribution in [0.2, 0.25) is 0 Å². The SMILES string of the molecule is Cc1ccc(C(NS(=O)(=O)c2ccc(F)c(F)c2)c2cccs2)cc1. The molecule has 0 radical (unpaired) electrons. The maximum Gasteiger partial charge on any atom is 0.241 e. The predicted molar refractivity (Wildman–Crippen MR) is 94.0 cm³/mol. The standard InChI is InChI=1S/C18H15F2NO2S2/c1-12-4-6-13(7-5-12)18(17-3-2-10-24-17)21-25(22,23)14-8-9-15(19)16(20)11-14/h2-11,18,21H,1H3. The van der Waals surface area contributed by atoms with Crippen molar-refractivity contribution in [3.05, 3.63) is 87.6 Å². The van der Waals surface area contributed by atoms with Gasteiger partial charge in [0.2, 0.25) is 10.0 Å². The molecule has 2 aromatic carbocycles. The van der Waals surface area contributed by atoms with Gasteiger partial charge in [0.05, 0.1) is 10.9 Å². The van der Waals surface area contributed by atoms with Crippen molar-refractivity contribution in [3.63, 3.8) is 0 Å². The summed E-state index contributed by atoms with van der Waals surface area (Å²) in [5.74, 6) is -2.29. The highest BCUT2D eigenvalue weighted by atomic mass is 32.2. The number of benzene rings is 2. The first kappa shape index (κ1) is 17.7. The lowest BCUT2D eigenvalue weighted by molar-refractivity contribution is 0.504. The van der Waals surface area contributed by atoms with Gasteiger partial charge < -0.3 is 0 Å². The van der Waals surface area contributed by atoms with Gasteiger partial charge in [0.1, 0.15) is 0 Å². The lowest BCUT2D eigenvalue weighted by atomic mass is 10.0. The van der Waals surface area contributed by atoms with Crippen LogP contribution in [-0.4, -0.2) is 8.42 Å². The molecule has 3 rings (SSSR count). The third kappa shape index (κ3) is 3.95. The lowest BCUT2D eigenvalue weighted by Gasteiger charge is -2.18. The minimum atomic E-state index is -4.03. The molecule has 25 heavy (non-hydrogen) atoms. The molecule has 0 aliphatic carbocycles. The Labute approximate surface area is 149 Å². The minimum Gasteiger partial charge on any atom is -0.207 e. The van der Waals surface area contributed by atoms with E-state index in [0.29, 0.717) is 6.07 Å². The van der Waals surface area contributed by atoms with Crippen LogP contribution in [0.5, 0.6) is 0 Å². The third-order valence-corrected chi connectivity index (χ3v) is 6.07. The maximum atomic E-state index is 13.4. The summed E-state index contributed by atoms with van der Waals surface area (Å²) in [4.78, 5) is 0.482. The van der Waals surface area contributed by atoms with E-state index in [0.717, 1.165) is 28.1 Å². The number of sulfonamides is 1. The first-order valence-electron chi connectivity index (χ1n) is 7.44. The molecule has 1 aromatic heterocycles. The zero-order chi connectivity index (χ0) is 18.0. The number of thiophene rings is 1. The Morgan fingerprint density at radius 1 is 1.00 bits per heavy atom. The number of nitrogens with one attached hydrogen (secondary N) is 1. The lowest BCUT2D eigenvalue weighted by Crippen LogP contribution is -2.29. The number of hydrogen-bond donors (Lipinski definition) is 1. The van der Waals surface area contributed by atoms with Crippen molar-refractivity contribution < 1.29 is 17.2 Å². The van der Waals surface area contributed by atoms with Gasteiger partial charge in [-0.25, -0.2) is 17.2 Å². The molecule has 130 valence electrons. The first-order valence-corrected chi connectivity index (χ1v) is 9.80. The van der Waals surface area contributed by atoms with Crippen LogP contribution in [0.15, 0.2) is 64.9 Å². The molecule has 1 N–H and O–H groups in total. The zero-order valence-corrected chi connectivity index (χ0v) is 14.9. The van der Waals surface area contributed by atoms with E-state index in [-0.39, 0.29) is 4.90 Å². The molecular formula is C18H15F2NO2S2. The molecule has 1 heterocycles. The van der Waals surface area contributed by atoms with Gasteiger partial charge in [0, 0.05) is 4.88 Å². The van der Waals surface area contributed by atoms with Crippen LogP contribution in [0.4, 0.5) is 8.78 Å². The summed E-state index contributed by atoms with van der Waals surface area (Å²) >= 11 is 1.41. The molecule has 3 nitrogen and oxygen atoms in total. The highest BCUT2D eigenvalue weighted by molar-refractivity contribution is 7.89. The number of hydrogen-bond acceptors (Lipinski definition) is 3. The first-order chi connectivity index (χ1) is 11.9. The maximum absolute atomic E-state index is 13.4. The van der Waals surface area contributed by atoms with E-state index in [4.69, 9.17) is 0 Å². The van der Waals surface area contributed by atoms with E-state index in [9.17, 15) is 17.2 Å². The van der Waals surface area contributed by atoms with Crippen molar-refractivity contribution in [2.45, 2.75) is 17.9 Å². The van der Waals surface area contributed by atoms with E-state index in [1.165, 1.54) is 11.3 Å². The smallest absolute Gasteiger partial charge is 0.207 e. The van der Waals surface area contributed by atoms with Crippen molar-refractivity contribution in [1.29, 1.82) is 0 Å². The number of aryl methyl sites for hydroxylation is 1. The molecule has 0 saturated carbocycles. The monoisotopic (exact) mass is 379 g/mol. The highest BCUT2D eigenvalue weighted by Crippen LogP contribution is 2.28. The summed E-state index contributed by atoms with van der Waals surface area (Å²) in [5.41, 5.74) is 1.82. The number of halogens is 2. The van der Waals surface area contributed by atoms with E-state index >= 15 is 0 Å². The highest BCUT2D eigenvalue weighted by Gasteiger charge is 2.24. The van der Waals surface area contributed by atoms with Crippen LogP contribution in [0.25, 0.3) is 0 Å². The molecule has 0 bridgehead atoms. The van der Waals surface area contributed by atoms with E-state index < -0.39 is 27.7 Å². The molecule has 0 fully saturated rings. The van der Waals surface area contributed by atoms with Gasteiger partial charge in [-0.1, -0.05) is 35.9 Å². The Morgan fingerprint density at radius 2 is 1.72 bits per heavy atom. The predicted octanol–water partition coefficient (Wildman–Crippen LogP) is 4.40. The van der Waals surface area contributed by atoms with Gasteiger partial charge in [-0.2, -0.15) is 4.72 Å². The summed E-state index contributed by atoms with van der Waals surface area (Å²) < 4.78 is 54.4. The summed E-state index contributed by atoms with van der Waals surface area (Å²) in [7, 11) is -4.03. The van der Waals surface area contributed by atoms with Gasteiger partial charge in [-0.3, -0.25) is 0 Å². The number of rotatable bonds is 5. The van der Waals surface area contributed by atoms with Crippen LogP contribution in [0.3, 0.4) is 0 Å². The second kappa shape index (κ2) is 7.03. The average molecular weight is 379 g/mol. The molecule has 0 aliphatic rings. The van der Waals surface area contributed by atoms with Gasteiger partial charge in [0.25, 0.3) is 0 Å². The summed E-state index contributed by atoms with van der Waals surface area (Å²) in [6.07, 6.45) is 0. The van der Waals surface area contributed by atoms with Crippen molar-refractivity contribution >= 4 is 21.4 Å². The average Bonchev–Trinajstić information content (AvgIpc) is 3.10. The topological polar surface area (TPSA) is 46.2 Å². The van der Waals surface area contributed by atoms with Crippen molar-refractivity contribution in [1.82, 2.24) is 4.72 Å². The zero-order valence-electron chi connectivity index (χ0n) is 13.2. The third-order valence-electron chi connectivity index (χ3n) is 3.71. The molecule has 1 unspecified atom stereocenters. The van der Waals surface area contributed by atoms with Crippen LogP contribution < -0.4 is 4.72 Å². The molecule has 1 atom stereocenters. The Hall–Kier alpha value is -2.09. The molecule has 0 aliphatic heterocycles. The molecule has 0 amide bonds. The van der Waals surface area contributed by atoms with E-state index in [1.807, 2.05) is 48.7 Å². The fraction of sp³-hybridized carbons (Fsp3) is 0.111. The Balaban J connectivity index is 1.99. The van der Waals surface area contributed by atoms with Crippen LogP contribution >= 0.6 is 11.3 Å². The van der Waals surface area contributed by atoms with Crippen molar-refractivity contribution in [2.75, 3.05) is 0 Å². The fourth-order valence-electron chi connectivity index (χ4n) is 2.37. The van der Waals surface area contributed by atoms with Crippen LogP contribution in [-0.2, 0) is 10.0 Å². The normalized spacial score (nSPS) is 12.9. The van der Waals surface area contributed by atoms with E-state index in [2.05, 4.69) is 4.72 Å². The molecule has 0 saturated heterocycles. The molecule has 3 aromatic rings. The van der Waals surface area contributed by atoms with Gasteiger partial charge in [0.15, 0.2) is 11.6 Å². The van der Waals surface area contributed by atoms with Gasteiger partial charge in [-0.15, -0.1) is 11.3 Å². The van der Waals surface area contributed by atoms with Crippen LogP contribution in [0, 0.1) is 18.6 Å². The minimum absolute atomic E-state index is 0.319. The summed E-state index contributed by atoms with van der Waals surface area (Å²) in [6, 6.07) is 13.0. The summed E-state index contributed by atoms with van der Waals surface area (Å²) in [5, 5.41) is 1.85. The van der Waals surface area contributed by atoms with Crippen LogP contribution in [0.1, 0.15) is 22.0 Å². The fourth-order valence-corrected chi connectivity index (χ4v) is 4.46. The van der Waals surface area contributed by atoms with Crippen molar-refractivity contribution in [2.24, 2.45) is 0 Å². The largest absolute Gasteiger partial charge is 0.241 e. The van der Waals surface area contributed by atoms with Gasteiger partial charge >= 0.3 is 0 Å². The summed E-state index contributed by atoms with van der Waals surface area (Å²) in [6.45, 7) is 1.94.